The molecule has 0 radical (unpaired) electrons. The van der Waals surface area contributed by atoms with Crippen molar-refractivity contribution in [3.8, 4) is 0 Å². The fraction of sp³-hybridized carbons (Fsp3) is 0.889. The van der Waals surface area contributed by atoms with Crippen LogP contribution in [0.15, 0.2) is 4.99 Å². The van der Waals surface area contributed by atoms with E-state index in [1.807, 2.05) is 7.05 Å². The van der Waals surface area contributed by atoms with Gasteiger partial charge < -0.3 is 16.0 Å². The number of hydrogen-bond acceptors (Lipinski definition) is 4. The Hall–Kier alpha value is -1.34. The number of nitrogens with zero attached hydrogens (tertiary/aromatic N) is 3. The van der Waals surface area contributed by atoms with E-state index in [0.29, 0.717) is 18.6 Å². The molecule has 1 amide bonds. The first-order valence-electron chi connectivity index (χ1n) is 9.80. The predicted octanol–water partition coefficient (Wildman–Crippen LogP) is 0.236. The van der Waals surface area contributed by atoms with Gasteiger partial charge in [-0.15, -0.1) is 0 Å². The molecule has 0 saturated carbocycles. The van der Waals surface area contributed by atoms with Gasteiger partial charge in [0.2, 0.25) is 5.91 Å². The molecule has 7 nitrogen and oxygen atoms in total. The lowest BCUT2D eigenvalue weighted by molar-refractivity contribution is -0.122. The van der Waals surface area contributed by atoms with Gasteiger partial charge in [-0.05, 0) is 38.8 Å². The third-order valence-corrected chi connectivity index (χ3v) is 5.46. The molecule has 1 unspecified atom stereocenters. The fourth-order valence-corrected chi connectivity index (χ4v) is 3.83. The lowest BCUT2D eigenvalue weighted by atomic mass is 10.0. The summed E-state index contributed by atoms with van der Waals surface area (Å²) in [5.74, 6) is 1.00. The maximum Gasteiger partial charge on any atom is 0.233 e. The van der Waals surface area contributed by atoms with Crippen molar-refractivity contribution in [1.29, 1.82) is 0 Å². The van der Waals surface area contributed by atoms with Crippen molar-refractivity contribution in [2.45, 2.75) is 51.1 Å². The van der Waals surface area contributed by atoms with Crippen molar-refractivity contribution in [2.24, 2.45) is 4.99 Å². The molecule has 2 rings (SSSR count). The summed E-state index contributed by atoms with van der Waals surface area (Å²) in [4.78, 5) is 20.7. The highest BCUT2D eigenvalue weighted by Crippen LogP contribution is 2.15. The van der Waals surface area contributed by atoms with E-state index >= 15 is 0 Å². The zero-order valence-corrected chi connectivity index (χ0v) is 16.2. The van der Waals surface area contributed by atoms with Crippen LogP contribution < -0.4 is 16.0 Å². The molecule has 0 aliphatic carbocycles. The highest BCUT2D eigenvalue weighted by atomic mass is 16.1. The van der Waals surface area contributed by atoms with Gasteiger partial charge in [0, 0.05) is 45.8 Å². The fourth-order valence-electron chi connectivity index (χ4n) is 3.83. The molecule has 7 heteroatoms. The van der Waals surface area contributed by atoms with E-state index in [1.54, 1.807) is 7.05 Å². The maximum atomic E-state index is 11.5. The highest BCUT2D eigenvalue weighted by molar-refractivity contribution is 5.80. The molecule has 2 fully saturated rings. The number of carbonyl (C=O) groups is 1. The van der Waals surface area contributed by atoms with Gasteiger partial charge >= 0.3 is 0 Å². The molecule has 2 saturated heterocycles. The van der Waals surface area contributed by atoms with Gasteiger partial charge in [-0.3, -0.25) is 19.6 Å². The summed E-state index contributed by atoms with van der Waals surface area (Å²) in [5, 5.41) is 9.77. The van der Waals surface area contributed by atoms with Gasteiger partial charge in [-0.25, -0.2) is 0 Å². The number of likely N-dealkylation sites (tertiary alicyclic amines) is 2. The van der Waals surface area contributed by atoms with E-state index in [2.05, 4.69) is 37.7 Å². The van der Waals surface area contributed by atoms with Crippen molar-refractivity contribution in [3.63, 3.8) is 0 Å². The number of likely N-dealkylation sites (N-methyl/N-ethyl adjacent to an activating group) is 2. The molecular weight excluding hydrogens is 316 g/mol. The molecule has 0 bridgehead atoms. The van der Waals surface area contributed by atoms with Gasteiger partial charge in [0.05, 0.1) is 6.54 Å². The van der Waals surface area contributed by atoms with Crippen LogP contribution in [-0.4, -0.2) is 87.1 Å². The number of nitrogens with one attached hydrogen (secondary N) is 3. The van der Waals surface area contributed by atoms with Gasteiger partial charge in [-0.1, -0.05) is 13.3 Å². The SMILES string of the molecule is CCN1CCCCC1CNC(=NC)NC1CCN(CC(=O)NC)CC1. The number of carbonyl (C=O) groups excluding carboxylic acids is 1. The molecule has 0 aromatic rings. The van der Waals surface area contributed by atoms with E-state index < -0.39 is 0 Å². The standard InChI is InChI=1S/C18H36N6O/c1-4-24-10-6-5-7-16(24)13-21-18(20-3)22-15-8-11-23(12-9-15)14-17(25)19-2/h15-16H,4-14H2,1-3H3,(H,19,25)(H2,20,21,22). The molecule has 3 N–H and O–H groups in total. The van der Waals surface area contributed by atoms with Crippen LogP contribution in [0, 0.1) is 0 Å². The smallest absolute Gasteiger partial charge is 0.233 e. The molecule has 0 aromatic heterocycles. The van der Waals surface area contributed by atoms with E-state index in [4.69, 9.17) is 0 Å². The third kappa shape index (κ3) is 6.47. The molecule has 0 spiro atoms. The van der Waals surface area contributed by atoms with E-state index in [0.717, 1.165) is 45.0 Å². The maximum absolute atomic E-state index is 11.5. The minimum Gasteiger partial charge on any atom is -0.358 e. The van der Waals surface area contributed by atoms with E-state index in [9.17, 15) is 4.79 Å². The Balaban J connectivity index is 1.71. The van der Waals surface area contributed by atoms with Crippen LogP contribution in [0.25, 0.3) is 0 Å². The highest BCUT2D eigenvalue weighted by Gasteiger charge is 2.23. The van der Waals surface area contributed by atoms with Gasteiger partial charge in [-0.2, -0.15) is 0 Å². The molecule has 2 heterocycles. The van der Waals surface area contributed by atoms with Crippen LogP contribution in [0.2, 0.25) is 0 Å². The largest absolute Gasteiger partial charge is 0.358 e. The summed E-state index contributed by atoms with van der Waals surface area (Å²) in [6.45, 7) is 7.97. The van der Waals surface area contributed by atoms with Crippen molar-refractivity contribution >= 4 is 11.9 Å². The number of piperidine rings is 2. The molecule has 0 aromatic carbocycles. The topological polar surface area (TPSA) is 72.0 Å². The van der Waals surface area contributed by atoms with Gasteiger partial charge in [0.15, 0.2) is 5.96 Å². The molecule has 2 aliphatic rings. The molecular formula is C18H36N6O. The van der Waals surface area contributed by atoms with Crippen molar-refractivity contribution in [3.05, 3.63) is 0 Å². The summed E-state index contributed by atoms with van der Waals surface area (Å²) in [6.07, 6.45) is 6.02. The Morgan fingerprint density at radius 1 is 1.16 bits per heavy atom. The number of hydrogen-bond donors (Lipinski definition) is 3. The first-order chi connectivity index (χ1) is 12.2. The minimum atomic E-state index is 0.0943. The number of aliphatic imine (C=N–C) groups is 1. The first kappa shape index (κ1) is 20.0. The Morgan fingerprint density at radius 3 is 2.56 bits per heavy atom. The number of amides is 1. The van der Waals surface area contributed by atoms with Crippen LogP contribution in [0.4, 0.5) is 0 Å². The van der Waals surface area contributed by atoms with E-state index in [-0.39, 0.29) is 5.91 Å². The van der Waals surface area contributed by atoms with Gasteiger partial charge in [0.25, 0.3) is 0 Å². The Morgan fingerprint density at radius 2 is 1.92 bits per heavy atom. The molecule has 2 aliphatic heterocycles. The average Bonchev–Trinajstić information content (AvgIpc) is 2.66. The molecule has 1 atom stereocenters. The second-order valence-corrected chi connectivity index (χ2v) is 7.10. The van der Waals surface area contributed by atoms with Crippen molar-refractivity contribution < 1.29 is 4.79 Å². The predicted molar refractivity (Wildman–Crippen MR) is 103 cm³/mol. The Bertz CT molecular complexity index is 433. The van der Waals surface area contributed by atoms with Crippen LogP contribution in [0.1, 0.15) is 39.0 Å². The van der Waals surface area contributed by atoms with E-state index in [1.165, 1.54) is 25.8 Å². The average molecular weight is 353 g/mol. The monoisotopic (exact) mass is 352 g/mol. The van der Waals surface area contributed by atoms with Gasteiger partial charge in [0.1, 0.15) is 0 Å². The molecule has 25 heavy (non-hydrogen) atoms. The number of guanidine groups is 1. The lowest BCUT2D eigenvalue weighted by Crippen LogP contribution is -2.53. The Labute approximate surface area is 152 Å². The summed E-state index contributed by atoms with van der Waals surface area (Å²) >= 11 is 0. The first-order valence-corrected chi connectivity index (χ1v) is 9.80. The Kier molecular flexibility index (Phi) is 8.48. The van der Waals surface area contributed by atoms with Crippen LogP contribution >= 0.6 is 0 Å². The zero-order valence-electron chi connectivity index (χ0n) is 16.2. The lowest BCUT2D eigenvalue weighted by Gasteiger charge is -2.36. The quantitative estimate of drug-likeness (QED) is 0.472. The number of rotatable bonds is 6. The minimum absolute atomic E-state index is 0.0943. The summed E-state index contributed by atoms with van der Waals surface area (Å²) < 4.78 is 0. The third-order valence-electron chi connectivity index (χ3n) is 5.46. The second-order valence-electron chi connectivity index (χ2n) is 7.10. The summed E-state index contributed by atoms with van der Waals surface area (Å²) in [7, 11) is 3.53. The summed E-state index contributed by atoms with van der Waals surface area (Å²) in [6, 6.07) is 1.05. The van der Waals surface area contributed by atoms with Crippen molar-refractivity contribution in [2.75, 3.05) is 53.4 Å². The van der Waals surface area contributed by atoms with Crippen LogP contribution in [0.5, 0.6) is 0 Å². The molecule has 144 valence electrons. The summed E-state index contributed by atoms with van der Waals surface area (Å²) in [5.41, 5.74) is 0. The normalized spacial score (nSPS) is 24.1. The van der Waals surface area contributed by atoms with Crippen LogP contribution in [-0.2, 0) is 4.79 Å². The zero-order chi connectivity index (χ0) is 18.1. The second kappa shape index (κ2) is 10.6. The van der Waals surface area contributed by atoms with Crippen LogP contribution in [0.3, 0.4) is 0 Å². The van der Waals surface area contributed by atoms with Crippen molar-refractivity contribution in [1.82, 2.24) is 25.8 Å².